The summed E-state index contributed by atoms with van der Waals surface area (Å²) in [4.78, 5) is 72.6. The van der Waals surface area contributed by atoms with Gasteiger partial charge in [0, 0.05) is 25.7 Å². The minimum absolute atomic E-state index is 0.101. The Morgan fingerprint density at radius 2 is 0.484 bits per heavy atom. The van der Waals surface area contributed by atoms with E-state index in [0.29, 0.717) is 37.5 Å². The highest BCUT2D eigenvalue weighted by atomic mass is 31.2. The highest BCUT2D eigenvalue weighted by molar-refractivity contribution is 7.47. The molecule has 0 saturated carbocycles. The first-order chi connectivity index (χ1) is 45.9. The largest absolute Gasteiger partial charge is 0.472 e. The van der Waals surface area contributed by atoms with Gasteiger partial charge in [-0.1, -0.05) is 343 Å². The van der Waals surface area contributed by atoms with Crippen LogP contribution in [-0.4, -0.2) is 96.7 Å². The molecular weight excluding hydrogens is 1250 g/mol. The summed E-state index contributed by atoms with van der Waals surface area (Å²) in [5.74, 6) is -0.776. The van der Waals surface area contributed by atoms with Gasteiger partial charge >= 0.3 is 39.5 Å². The minimum Gasteiger partial charge on any atom is -0.462 e. The third-order valence-electron chi connectivity index (χ3n) is 17.7. The molecule has 0 rings (SSSR count). The summed E-state index contributed by atoms with van der Waals surface area (Å²) in [7, 11) is -9.91. The Labute approximate surface area is 581 Å². The molecule has 0 heterocycles. The van der Waals surface area contributed by atoms with Crippen LogP contribution >= 0.6 is 15.6 Å². The molecule has 564 valence electrons. The number of hydrogen-bond donors (Lipinski definition) is 3. The van der Waals surface area contributed by atoms with E-state index in [4.69, 9.17) is 37.0 Å². The second kappa shape index (κ2) is 67.9. The lowest BCUT2D eigenvalue weighted by Gasteiger charge is -2.21. The van der Waals surface area contributed by atoms with Crippen molar-refractivity contribution in [3.8, 4) is 0 Å². The Morgan fingerprint density at radius 1 is 0.284 bits per heavy atom. The minimum atomic E-state index is -4.96. The van der Waals surface area contributed by atoms with Crippen LogP contribution in [0.2, 0.25) is 0 Å². The van der Waals surface area contributed by atoms with E-state index < -0.39 is 97.5 Å². The number of carbonyl (C=O) groups is 4. The fourth-order valence-corrected chi connectivity index (χ4v) is 13.2. The fraction of sp³-hybridized carbons (Fsp3) is 0.947. The van der Waals surface area contributed by atoms with Crippen LogP contribution in [0.1, 0.15) is 395 Å². The van der Waals surface area contributed by atoms with Crippen molar-refractivity contribution in [1.82, 2.24) is 0 Å². The Balaban J connectivity index is 5.16. The first-order valence-electron chi connectivity index (χ1n) is 39.5. The number of phosphoric ester groups is 2. The lowest BCUT2D eigenvalue weighted by Crippen LogP contribution is -2.30. The number of unbranched alkanes of at least 4 members (excludes halogenated alkanes) is 45. The Hall–Kier alpha value is -1.94. The standard InChI is InChI=1S/C76H148O17P2/c1-7-9-11-13-15-17-19-21-23-24-25-26-27-28-29-31-33-35-37-39-48-54-60-75(80)92-71(64-86-73(78)58-52-46-38-36-34-32-30-22-20-18-16-14-12-10-8-2)66-90-94(82,83)88-62-70(77)63-89-95(84,85)91-67-72(93-76(81)61-55-49-43-41-45-51-57-69(5)6)65-87-74(79)59-53-47-42-40-44-50-56-68(3)4/h68-72,77H,7-67H2,1-6H3,(H,82,83)(H,84,85)/t70-,71-,72-/m1/s1. The van der Waals surface area contributed by atoms with Crippen LogP contribution in [-0.2, 0) is 65.4 Å². The lowest BCUT2D eigenvalue weighted by molar-refractivity contribution is -0.161. The monoisotopic (exact) mass is 1400 g/mol. The van der Waals surface area contributed by atoms with Gasteiger partial charge in [-0.15, -0.1) is 0 Å². The van der Waals surface area contributed by atoms with Gasteiger partial charge in [0.1, 0.15) is 19.3 Å². The number of aliphatic hydroxyl groups is 1. The Morgan fingerprint density at radius 3 is 0.716 bits per heavy atom. The topological polar surface area (TPSA) is 237 Å². The molecule has 0 saturated heterocycles. The van der Waals surface area contributed by atoms with E-state index in [9.17, 15) is 43.2 Å². The molecule has 17 nitrogen and oxygen atoms in total. The average molecular weight is 1400 g/mol. The maximum absolute atomic E-state index is 13.1. The summed E-state index contributed by atoms with van der Waals surface area (Å²) in [6.07, 6.45) is 56.1. The van der Waals surface area contributed by atoms with Gasteiger partial charge < -0.3 is 33.8 Å². The van der Waals surface area contributed by atoms with Crippen LogP contribution in [0.5, 0.6) is 0 Å². The molecule has 19 heteroatoms. The second-order valence-electron chi connectivity index (χ2n) is 28.3. The predicted octanol–water partition coefficient (Wildman–Crippen LogP) is 22.3. The van der Waals surface area contributed by atoms with Crippen molar-refractivity contribution in [1.29, 1.82) is 0 Å². The molecule has 0 aliphatic carbocycles. The van der Waals surface area contributed by atoms with Gasteiger partial charge in [0.2, 0.25) is 0 Å². The zero-order valence-electron chi connectivity index (χ0n) is 62.0. The van der Waals surface area contributed by atoms with Gasteiger partial charge in [0.05, 0.1) is 26.4 Å². The normalized spacial score (nSPS) is 14.0. The molecule has 0 aromatic heterocycles. The Bertz CT molecular complexity index is 1840. The molecule has 0 aromatic rings. The summed E-state index contributed by atoms with van der Waals surface area (Å²) in [6.45, 7) is 9.41. The van der Waals surface area contributed by atoms with Crippen LogP contribution in [0.25, 0.3) is 0 Å². The zero-order chi connectivity index (χ0) is 70.0. The van der Waals surface area contributed by atoms with Crippen molar-refractivity contribution in [3.05, 3.63) is 0 Å². The van der Waals surface area contributed by atoms with E-state index in [1.807, 2.05) is 0 Å². The van der Waals surface area contributed by atoms with E-state index in [-0.39, 0.29) is 25.7 Å². The van der Waals surface area contributed by atoms with Crippen molar-refractivity contribution < 1.29 is 80.2 Å². The molecule has 5 atom stereocenters. The van der Waals surface area contributed by atoms with Crippen molar-refractivity contribution >= 4 is 39.5 Å². The van der Waals surface area contributed by atoms with E-state index in [2.05, 4.69) is 41.5 Å². The quantitative estimate of drug-likeness (QED) is 0.0222. The molecule has 0 aromatic carbocycles. The third kappa shape index (κ3) is 70.3. The van der Waals surface area contributed by atoms with Gasteiger partial charge in [-0.05, 0) is 37.5 Å². The average Bonchev–Trinajstić information content (AvgIpc) is 1.95. The van der Waals surface area contributed by atoms with E-state index in [1.165, 1.54) is 205 Å². The summed E-state index contributed by atoms with van der Waals surface area (Å²) in [5, 5.41) is 10.6. The van der Waals surface area contributed by atoms with Gasteiger partial charge in [0.15, 0.2) is 12.2 Å². The van der Waals surface area contributed by atoms with Crippen molar-refractivity contribution in [3.63, 3.8) is 0 Å². The first kappa shape index (κ1) is 93.1. The molecule has 3 N–H and O–H groups in total. The van der Waals surface area contributed by atoms with Crippen molar-refractivity contribution in [2.75, 3.05) is 39.6 Å². The molecule has 0 aliphatic rings. The number of rotatable bonds is 75. The smallest absolute Gasteiger partial charge is 0.462 e. The molecule has 0 fully saturated rings. The zero-order valence-corrected chi connectivity index (χ0v) is 63.8. The van der Waals surface area contributed by atoms with Gasteiger partial charge in [-0.3, -0.25) is 37.3 Å². The fourth-order valence-electron chi connectivity index (χ4n) is 11.7. The highest BCUT2D eigenvalue weighted by Gasteiger charge is 2.30. The third-order valence-corrected chi connectivity index (χ3v) is 19.6. The number of aliphatic hydroxyl groups excluding tert-OH is 1. The van der Waals surface area contributed by atoms with E-state index >= 15 is 0 Å². The van der Waals surface area contributed by atoms with Crippen LogP contribution in [0.4, 0.5) is 0 Å². The molecular formula is C76H148O17P2. The SMILES string of the molecule is CCCCCCCCCCCCCCCCCCCCCCCCC(=O)O[C@H](COC(=O)CCCCCCCCCCCCCCCCC)COP(=O)(O)OC[C@@H](O)COP(=O)(O)OC[C@@H](COC(=O)CCCCCCCCC(C)C)OC(=O)CCCCCCCCC(C)C. The number of phosphoric acid groups is 2. The second-order valence-corrected chi connectivity index (χ2v) is 31.3. The van der Waals surface area contributed by atoms with Crippen LogP contribution in [0, 0.1) is 11.8 Å². The summed E-state index contributed by atoms with van der Waals surface area (Å²) < 4.78 is 68.4. The van der Waals surface area contributed by atoms with E-state index in [0.717, 1.165) is 96.3 Å². The van der Waals surface area contributed by atoms with Crippen molar-refractivity contribution in [2.45, 2.75) is 413 Å². The van der Waals surface area contributed by atoms with Crippen LogP contribution in [0.3, 0.4) is 0 Å². The van der Waals surface area contributed by atoms with Gasteiger partial charge in [-0.2, -0.15) is 0 Å². The first-order valence-corrected chi connectivity index (χ1v) is 42.5. The molecule has 95 heavy (non-hydrogen) atoms. The van der Waals surface area contributed by atoms with E-state index in [1.54, 1.807) is 0 Å². The van der Waals surface area contributed by atoms with Gasteiger partial charge in [0.25, 0.3) is 0 Å². The maximum Gasteiger partial charge on any atom is 0.472 e. The number of hydrogen-bond acceptors (Lipinski definition) is 15. The molecule has 0 radical (unpaired) electrons. The molecule has 0 amide bonds. The van der Waals surface area contributed by atoms with Crippen LogP contribution in [0.15, 0.2) is 0 Å². The summed E-state index contributed by atoms with van der Waals surface area (Å²) in [6, 6.07) is 0. The van der Waals surface area contributed by atoms with Gasteiger partial charge in [-0.25, -0.2) is 9.13 Å². The Kier molecular flexibility index (Phi) is 66.5. The number of ether oxygens (including phenoxy) is 4. The lowest BCUT2D eigenvalue weighted by atomic mass is 10.0. The number of carbonyl (C=O) groups excluding carboxylic acids is 4. The summed E-state index contributed by atoms with van der Waals surface area (Å²) >= 11 is 0. The predicted molar refractivity (Wildman–Crippen MR) is 386 cm³/mol. The van der Waals surface area contributed by atoms with Crippen molar-refractivity contribution in [2.24, 2.45) is 11.8 Å². The summed E-state index contributed by atoms with van der Waals surface area (Å²) in [5.41, 5.74) is 0. The van der Waals surface area contributed by atoms with Crippen LogP contribution < -0.4 is 0 Å². The molecule has 2 unspecified atom stereocenters. The molecule has 0 bridgehead atoms. The molecule has 0 spiro atoms. The highest BCUT2D eigenvalue weighted by Crippen LogP contribution is 2.45. The molecule has 0 aliphatic heterocycles. The maximum atomic E-state index is 13.1. The number of esters is 4.